The van der Waals surface area contributed by atoms with Crippen molar-refractivity contribution in [2.45, 2.75) is 32.1 Å². The lowest BCUT2D eigenvalue weighted by molar-refractivity contribution is 0.529. The lowest BCUT2D eigenvalue weighted by Crippen LogP contribution is -2.14. The van der Waals surface area contributed by atoms with Gasteiger partial charge in [0.25, 0.3) is 0 Å². The largest absolute Gasteiger partial charge is 0.370 e. The highest BCUT2D eigenvalue weighted by molar-refractivity contribution is 5.85. The molecule has 1 atom stereocenters. The molecule has 5 heteroatoms. The molecule has 1 saturated heterocycles. The summed E-state index contributed by atoms with van der Waals surface area (Å²) in [5.41, 5.74) is 2.65. The van der Waals surface area contributed by atoms with Crippen LogP contribution in [0, 0.1) is 5.92 Å². The number of aromatic nitrogens is 1. The quantitative estimate of drug-likeness (QED) is 0.901. The zero-order chi connectivity index (χ0) is 11.5. The highest BCUT2D eigenvalue weighted by Crippen LogP contribution is 2.21. The van der Waals surface area contributed by atoms with E-state index in [1.54, 1.807) is 0 Å². The standard InChI is InChI=1S/C14H21N3.2ClH/c1-2-12-4-6-13(17-14(12)16-8-1)5-3-11-7-9-15-10-11;;/h4,6,11,15H,1-3,5,7-10H2,(H,16,17);2*1H/t11-;;/m1../s1. The smallest absolute Gasteiger partial charge is 0.129 e. The molecule has 0 amide bonds. The molecule has 3 rings (SSSR count). The second-order valence-corrected chi connectivity index (χ2v) is 5.24. The van der Waals surface area contributed by atoms with Crippen LogP contribution in [-0.4, -0.2) is 24.6 Å². The fraction of sp³-hybridized carbons (Fsp3) is 0.643. The van der Waals surface area contributed by atoms with Crippen molar-refractivity contribution in [3.63, 3.8) is 0 Å². The van der Waals surface area contributed by atoms with Crippen LogP contribution in [0.4, 0.5) is 5.82 Å². The van der Waals surface area contributed by atoms with Gasteiger partial charge in [0, 0.05) is 12.2 Å². The third-order valence-electron chi connectivity index (χ3n) is 3.92. The van der Waals surface area contributed by atoms with Crippen molar-refractivity contribution < 1.29 is 0 Å². The van der Waals surface area contributed by atoms with Crippen molar-refractivity contribution in [2.24, 2.45) is 5.92 Å². The number of hydrogen-bond donors (Lipinski definition) is 2. The molecule has 3 nitrogen and oxygen atoms in total. The van der Waals surface area contributed by atoms with Crippen LogP contribution in [0.3, 0.4) is 0 Å². The summed E-state index contributed by atoms with van der Waals surface area (Å²) in [7, 11) is 0. The first-order valence-electron chi connectivity index (χ1n) is 6.85. The second-order valence-electron chi connectivity index (χ2n) is 5.24. The highest BCUT2D eigenvalue weighted by Gasteiger charge is 2.15. The number of fused-ring (bicyclic) bond motifs is 1. The van der Waals surface area contributed by atoms with Crippen LogP contribution in [0.15, 0.2) is 12.1 Å². The Hall–Kier alpha value is -0.510. The summed E-state index contributed by atoms with van der Waals surface area (Å²) >= 11 is 0. The molecule has 0 unspecified atom stereocenters. The van der Waals surface area contributed by atoms with Crippen LogP contribution >= 0.6 is 24.8 Å². The van der Waals surface area contributed by atoms with Crippen LogP contribution in [0.5, 0.6) is 0 Å². The summed E-state index contributed by atoms with van der Waals surface area (Å²) in [4.78, 5) is 4.74. The molecule has 2 aliphatic rings. The summed E-state index contributed by atoms with van der Waals surface area (Å²) < 4.78 is 0. The summed E-state index contributed by atoms with van der Waals surface area (Å²) in [6.45, 7) is 3.48. The molecule has 0 bridgehead atoms. The van der Waals surface area contributed by atoms with Gasteiger partial charge in [0.1, 0.15) is 5.82 Å². The number of hydrogen-bond acceptors (Lipinski definition) is 3. The van der Waals surface area contributed by atoms with Gasteiger partial charge < -0.3 is 10.6 Å². The number of anilines is 1. The number of aryl methyl sites for hydroxylation is 2. The van der Waals surface area contributed by atoms with Crippen molar-refractivity contribution >= 4 is 30.6 Å². The lowest BCUT2D eigenvalue weighted by Gasteiger charge is -2.17. The van der Waals surface area contributed by atoms with Gasteiger partial charge in [0.15, 0.2) is 0 Å². The third kappa shape index (κ3) is 4.23. The van der Waals surface area contributed by atoms with E-state index in [-0.39, 0.29) is 24.8 Å². The maximum absolute atomic E-state index is 4.74. The number of nitrogens with zero attached hydrogens (tertiary/aromatic N) is 1. The van der Waals surface area contributed by atoms with Gasteiger partial charge >= 0.3 is 0 Å². The predicted octanol–water partition coefficient (Wildman–Crippen LogP) is 2.83. The Morgan fingerprint density at radius 2 is 2.11 bits per heavy atom. The van der Waals surface area contributed by atoms with Crippen molar-refractivity contribution in [3.05, 3.63) is 23.4 Å². The second kappa shape index (κ2) is 7.93. The van der Waals surface area contributed by atoms with E-state index in [2.05, 4.69) is 22.8 Å². The molecule has 108 valence electrons. The summed E-state index contributed by atoms with van der Waals surface area (Å²) in [5, 5.41) is 6.83. The SMILES string of the molecule is Cl.Cl.c1cc2c(nc1CC[C@@H]1CCNC1)NCCC2. The molecule has 2 aliphatic heterocycles. The van der Waals surface area contributed by atoms with Gasteiger partial charge in [-0.2, -0.15) is 0 Å². The molecule has 2 N–H and O–H groups in total. The van der Waals surface area contributed by atoms with Gasteiger partial charge in [-0.15, -0.1) is 24.8 Å². The summed E-state index contributed by atoms with van der Waals surface area (Å²) in [6, 6.07) is 4.48. The molecular weight excluding hydrogens is 281 g/mol. The summed E-state index contributed by atoms with van der Waals surface area (Å²) in [5.74, 6) is 2.00. The van der Waals surface area contributed by atoms with Crippen LogP contribution in [0.2, 0.25) is 0 Å². The monoisotopic (exact) mass is 303 g/mol. The molecule has 0 saturated carbocycles. The number of nitrogens with one attached hydrogen (secondary N) is 2. The van der Waals surface area contributed by atoms with Gasteiger partial charge in [0.05, 0.1) is 0 Å². The number of rotatable bonds is 3. The van der Waals surface area contributed by atoms with E-state index in [1.165, 1.54) is 50.0 Å². The van der Waals surface area contributed by atoms with Gasteiger partial charge in [0.2, 0.25) is 0 Å². The maximum atomic E-state index is 4.74. The van der Waals surface area contributed by atoms with Crippen molar-refractivity contribution in [2.75, 3.05) is 25.0 Å². The van der Waals surface area contributed by atoms with Crippen molar-refractivity contribution in [3.8, 4) is 0 Å². The third-order valence-corrected chi connectivity index (χ3v) is 3.92. The Bertz CT molecular complexity index is 392. The molecule has 19 heavy (non-hydrogen) atoms. The fourth-order valence-electron chi connectivity index (χ4n) is 2.82. The maximum Gasteiger partial charge on any atom is 0.129 e. The predicted molar refractivity (Wildman–Crippen MR) is 84.8 cm³/mol. The van der Waals surface area contributed by atoms with Crippen molar-refractivity contribution in [1.29, 1.82) is 0 Å². The van der Waals surface area contributed by atoms with E-state index < -0.39 is 0 Å². The fourth-order valence-corrected chi connectivity index (χ4v) is 2.82. The van der Waals surface area contributed by atoms with E-state index >= 15 is 0 Å². The molecule has 0 aromatic carbocycles. The van der Waals surface area contributed by atoms with Crippen LogP contribution in [0.1, 0.15) is 30.5 Å². The normalized spacial score (nSPS) is 20.7. The molecule has 1 aromatic heterocycles. The Morgan fingerprint density at radius 1 is 1.21 bits per heavy atom. The van der Waals surface area contributed by atoms with Crippen LogP contribution < -0.4 is 10.6 Å². The number of halogens is 2. The molecule has 0 radical (unpaired) electrons. The van der Waals surface area contributed by atoms with E-state index in [0.717, 1.165) is 24.7 Å². The zero-order valence-corrected chi connectivity index (χ0v) is 12.8. The average molecular weight is 304 g/mol. The Balaban J connectivity index is 0.000000902. The minimum Gasteiger partial charge on any atom is -0.370 e. The molecule has 0 aliphatic carbocycles. The van der Waals surface area contributed by atoms with E-state index in [9.17, 15) is 0 Å². The summed E-state index contributed by atoms with van der Waals surface area (Å²) in [6.07, 6.45) is 6.16. The van der Waals surface area contributed by atoms with Gasteiger partial charge in [-0.1, -0.05) is 6.07 Å². The Morgan fingerprint density at radius 3 is 2.89 bits per heavy atom. The van der Waals surface area contributed by atoms with Crippen LogP contribution in [0.25, 0.3) is 0 Å². The average Bonchev–Trinajstić information content (AvgIpc) is 2.89. The first-order valence-corrected chi connectivity index (χ1v) is 6.85. The lowest BCUT2D eigenvalue weighted by atomic mass is 10.00. The zero-order valence-electron chi connectivity index (χ0n) is 11.2. The molecule has 1 fully saturated rings. The van der Waals surface area contributed by atoms with E-state index in [0.29, 0.717) is 0 Å². The van der Waals surface area contributed by atoms with Crippen LogP contribution in [-0.2, 0) is 12.8 Å². The van der Waals surface area contributed by atoms with Gasteiger partial charge in [-0.25, -0.2) is 4.98 Å². The topological polar surface area (TPSA) is 37.0 Å². The van der Waals surface area contributed by atoms with E-state index in [4.69, 9.17) is 4.98 Å². The molecule has 0 spiro atoms. The molecule has 3 heterocycles. The minimum absolute atomic E-state index is 0. The molecule has 1 aromatic rings. The first-order chi connectivity index (χ1) is 8.42. The number of pyridine rings is 1. The molecular formula is C14H23Cl2N3. The van der Waals surface area contributed by atoms with Gasteiger partial charge in [-0.05, 0) is 62.7 Å². The first kappa shape index (κ1) is 16.5. The van der Waals surface area contributed by atoms with Crippen molar-refractivity contribution in [1.82, 2.24) is 10.3 Å². The highest BCUT2D eigenvalue weighted by atomic mass is 35.5. The minimum atomic E-state index is 0. The van der Waals surface area contributed by atoms with Gasteiger partial charge in [-0.3, -0.25) is 0 Å². The Labute approximate surface area is 127 Å². The Kier molecular flexibility index (Phi) is 6.90. The van der Waals surface area contributed by atoms with E-state index in [1.807, 2.05) is 0 Å².